The second-order valence-corrected chi connectivity index (χ2v) is 6.77. The molecule has 1 N–H and O–H groups in total. The molecular formula is C19H26N2O2. The molecule has 0 radical (unpaired) electrons. The summed E-state index contributed by atoms with van der Waals surface area (Å²) >= 11 is 0. The van der Waals surface area contributed by atoms with Gasteiger partial charge in [0.25, 0.3) is 0 Å². The Morgan fingerprint density at radius 1 is 1.35 bits per heavy atom. The fourth-order valence-electron chi connectivity index (χ4n) is 3.45. The zero-order chi connectivity index (χ0) is 16.2. The molecule has 1 amide bonds. The number of hydrogen-bond donors (Lipinski definition) is 1. The minimum atomic E-state index is 0.205. The molecule has 4 heteroatoms. The van der Waals surface area contributed by atoms with Crippen LogP contribution in [0, 0.1) is 11.8 Å². The standard InChI is InChI=1S/C19H26N2O2/c1-14(15-7-9-20-10-8-15)11-19(22)21(2)13-17-12-16-5-3-4-6-18(16)23-17/h3-6,12,14-15,20H,7-11,13H2,1-2H3. The van der Waals surface area contributed by atoms with E-state index in [4.69, 9.17) is 4.42 Å². The van der Waals surface area contributed by atoms with Gasteiger partial charge in [-0.05, 0) is 49.9 Å². The molecule has 1 saturated heterocycles. The second-order valence-electron chi connectivity index (χ2n) is 6.77. The first-order valence-corrected chi connectivity index (χ1v) is 8.55. The highest BCUT2D eigenvalue weighted by Gasteiger charge is 2.23. The van der Waals surface area contributed by atoms with Crippen LogP contribution in [0.3, 0.4) is 0 Å². The van der Waals surface area contributed by atoms with Crippen LogP contribution in [0.1, 0.15) is 31.9 Å². The molecular weight excluding hydrogens is 288 g/mol. The normalized spacial score (nSPS) is 17.3. The molecule has 1 unspecified atom stereocenters. The topological polar surface area (TPSA) is 45.5 Å². The number of nitrogens with one attached hydrogen (secondary N) is 1. The molecule has 2 heterocycles. The van der Waals surface area contributed by atoms with Crippen LogP contribution < -0.4 is 5.32 Å². The van der Waals surface area contributed by atoms with Gasteiger partial charge in [0, 0.05) is 18.9 Å². The molecule has 1 aromatic carbocycles. The fraction of sp³-hybridized carbons (Fsp3) is 0.526. The van der Waals surface area contributed by atoms with Gasteiger partial charge in [0.2, 0.25) is 5.91 Å². The molecule has 0 saturated carbocycles. The summed E-state index contributed by atoms with van der Waals surface area (Å²) < 4.78 is 5.81. The summed E-state index contributed by atoms with van der Waals surface area (Å²) in [5, 5.41) is 4.47. The maximum absolute atomic E-state index is 12.5. The Bertz CT molecular complexity index is 625. The Morgan fingerprint density at radius 3 is 2.83 bits per heavy atom. The molecule has 2 aromatic rings. The van der Waals surface area contributed by atoms with Crippen molar-refractivity contribution in [2.45, 2.75) is 32.7 Å². The number of carbonyl (C=O) groups excluding carboxylic acids is 1. The van der Waals surface area contributed by atoms with Crippen molar-refractivity contribution in [3.63, 3.8) is 0 Å². The van der Waals surface area contributed by atoms with Crippen molar-refractivity contribution in [2.75, 3.05) is 20.1 Å². The van der Waals surface area contributed by atoms with Gasteiger partial charge in [-0.1, -0.05) is 25.1 Å². The lowest BCUT2D eigenvalue weighted by atomic mass is 9.84. The first-order valence-electron chi connectivity index (χ1n) is 8.55. The van der Waals surface area contributed by atoms with Crippen LogP contribution in [0.4, 0.5) is 0 Å². The van der Waals surface area contributed by atoms with Gasteiger partial charge < -0.3 is 14.6 Å². The highest BCUT2D eigenvalue weighted by Crippen LogP contribution is 2.25. The molecule has 0 aliphatic carbocycles. The molecule has 4 nitrogen and oxygen atoms in total. The summed E-state index contributed by atoms with van der Waals surface area (Å²) in [5.41, 5.74) is 0.881. The highest BCUT2D eigenvalue weighted by atomic mass is 16.3. The second kappa shape index (κ2) is 7.18. The summed E-state index contributed by atoms with van der Waals surface area (Å²) in [7, 11) is 1.87. The van der Waals surface area contributed by atoms with E-state index in [1.165, 1.54) is 12.8 Å². The van der Waals surface area contributed by atoms with Gasteiger partial charge in [0.15, 0.2) is 0 Å². The number of carbonyl (C=O) groups is 1. The monoisotopic (exact) mass is 314 g/mol. The lowest BCUT2D eigenvalue weighted by molar-refractivity contribution is -0.132. The number of hydrogen-bond acceptors (Lipinski definition) is 3. The van der Waals surface area contributed by atoms with Crippen molar-refractivity contribution in [3.05, 3.63) is 36.1 Å². The van der Waals surface area contributed by atoms with Crippen molar-refractivity contribution < 1.29 is 9.21 Å². The molecule has 0 spiro atoms. The number of nitrogens with zero attached hydrogens (tertiary/aromatic N) is 1. The molecule has 0 bridgehead atoms. The third-order valence-corrected chi connectivity index (χ3v) is 4.98. The predicted octanol–water partition coefficient (Wildman–Crippen LogP) is 3.42. The van der Waals surface area contributed by atoms with E-state index < -0.39 is 0 Å². The van der Waals surface area contributed by atoms with Crippen LogP contribution >= 0.6 is 0 Å². The number of furan rings is 1. The van der Waals surface area contributed by atoms with Gasteiger partial charge in [0.1, 0.15) is 11.3 Å². The smallest absolute Gasteiger partial charge is 0.222 e. The van der Waals surface area contributed by atoms with Crippen LogP contribution in [-0.4, -0.2) is 30.9 Å². The summed E-state index contributed by atoms with van der Waals surface area (Å²) in [6, 6.07) is 9.97. The fourth-order valence-corrected chi connectivity index (χ4v) is 3.45. The lowest BCUT2D eigenvalue weighted by Gasteiger charge is -2.29. The minimum absolute atomic E-state index is 0.205. The number of amides is 1. The number of para-hydroxylation sites is 1. The summed E-state index contributed by atoms with van der Waals surface area (Å²) in [6.45, 7) is 4.91. The van der Waals surface area contributed by atoms with Crippen molar-refractivity contribution in [1.82, 2.24) is 10.2 Å². The Morgan fingerprint density at radius 2 is 2.09 bits per heavy atom. The maximum Gasteiger partial charge on any atom is 0.222 e. The Kier molecular flexibility index (Phi) is 5.01. The van der Waals surface area contributed by atoms with Crippen molar-refractivity contribution in [1.29, 1.82) is 0 Å². The molecule has 1 fully saturated rings. The molecule has 1 aromatic heterocycles. The van der Waals surface area contributed by atoms with Gasteiger partial charge in [-0.15, -0.1) is 0 Å². The van der Waals surface area contributed by atoms with Gasteiger partial charge in [0.05, 0.1) is 6.54 Å². The Labute approximate surface area is 137 Å². The first-order chi connectivity index (χ1) is 11.1. The average molecular weight is 314 g/mol. The van der Waals surface area contributed by atoms with E-state index in [2.05, 4.69) is 12.2 Å². The molecule has 23 heavy (non-hydrogen) atoms. The maximum atomic E-state index is 12.5. The average Bonchev–Trinajstić information content (AvgIpc) is 2.97. The SMILES string of the molecule is CC(CC(=O)N(C)Cc1cc2ccccc2o1)C1CCNCC1. The van der Waals surface area contributed by atoms with E-state index >= 15 is 0 Å². The number of benzene rings is 1. The zero-order valence-electron chi connectivity index (χ0n) is 14.0. The first kappa shape index (κ1) is 16.1. The third kappa shape index (κ3) is 3.94. The Balaban J connectivity index is 1.56. The third-order valence-electron chi connectivity index (χ3n) is 4.98. The van der Waals surface area contributed by atoms with E-state index in [9.17, 15) is 4.79 Å². The largest absolute Gasteiger partial charge is 0.459 e. The van der Waals surface area contributed by atoms with Gasteiger partial charge >= 0.3 is 0 Å². The van der Waals surface area contributed by atoms with Crippen LogP contribution in [0.15, 0.2) is 34.7 Å². The highest BCUT2D eigenvalue weighted by molar-refractivity contribution is 5.78. The van der Waals surface area contributed by atoms with Crippen molar-refractivity contribution in [2.24, 2.45) is 11.8 Å². The Hall–Kier alpha value is -1.81. The van der Waals surface area contributed by atoms with E-state index in [1.807, 2.05) is 37.4 Å². The number of rotatable bonds is 5. The van der Waals surface area contributed by atoms with Gasteiger partial charge in [-0.25, -0.2) is 0 Å². The van der Waals surface area contributed by atoms with E-state index in [-0.39, 0.29) is 5.91 Å². The molecule has 1 aliphatic heterocycles. The summed E-state index contributed by atoms with van der Waals surface area (Å²) in [6.07, 6.45) is 2.99. The zero-order valence-corrected chi connectivity index (χ0v) is 14.0. The molecule has 3 rings (SSSR count). The van der Waals surface area contributed by atoms with E-state index in [0.29, 0.717) is 24.8 Å². The number of fused-ring (bicyclic) bond motifs is 1. The quantitative estimate of drug-likeness (QED) is 0.920. The van der Waals surface area contributed by atoms with Crippen LogP contribution in [0.25, 0.3) is 11.0 Å². The van der Waals surface area contributed by atoms with Gasteiger partial charge in [-0.3, -0.25) is 4.79 Å². The molecule has 1 aliphatic rings. The van der Waals surface area contributed by atoms with Gasteiger partial charge in [-0.2, -0.15) is 0 Å². The van der Waals surface area contributed by atoms with Crippen LogP contribution in [0.5, 0.6) is 0 Å². The number of piperidine rings is 1. The summed E-state index contributed by atoms with van der Waals surface area (Å²) in [4.78, 5) is 14.3. The van der Waals surface area contributed by atoms with Crippen LogP contribution in [-0.2, 0) is 11.3 Å². The molecule has 1 atom stereocenters. The minimum Gasteiger partial charge on any atom is -0.459 e. The van der Waals surface area contributed by atoms with Crippen LogP contribution in [0.2, 0.25) is 0 Å². The molecule has 124 valence electrons. The lowest BCUT2D eigenvalue weighted by Crippen LogP contribution is -2.34. The summed E-state index contributed by atoms with van der Waals surface area (Å²) in [5.74, 6) is 2.16. The van der Waals surface area contributed by atoms with Crippen molar-refractivity contribution in [3.8, 4) is 0 Å². The predicted molar refractivity (Wildman–Crippen MR) is 92.1 cm³/mol. The van der Waals surface area contributed by atoms with E-state index in [1.54, 1.807) is 4.90 Å². The van der Waals surface area contributed by atoms with Crippen molar-refractivity contribution >= 4 is 16.9 Å². The van der Waals surface area contributed by atoms with E-state index in [0.717, 1.165) is 29.8 Å².